The monoisotopic (exact) mass is 722 g/mol. The fourth-order valence-corrected chi connectivity index (χ4v) is 11.7. The molecule has 56 heavy (non-hydrogen) atoms. The fraction of sp³-hybridized carbons (Fsp3) is 0.185. The van der Waals surface area contributed by atoms with Crippen LogP contribution in [0, 0.1) is 11.8 Å². The van der Waals surface area contributed by atoms with Gasteiger partial charge in [-0.1, -0.05) is 122 Å². The van der Waals surface area contributed by atoms with Gasteiger partial charge in [-0.25, -0.2) is 0 Å². The highest BCUT2D eigenvalue weighted by Gasteiger charge is 2.58. The molecule has 0 amide bonds. The van der Waals surface area contributed by atoms with Gasteiger partial charge in [-0.2, -0.15) is 0 Å². The average molecular weight is 723 g/mol. The van der Waals surface area contributed by atoms with E-state index in [1.165, 1.54) is 82.7 Å². The van der Waals surface area contributed by atoms with Crippen LogP contribution in [0.4, 0.5) is 17.1 Å². The van der Waals surface area contributed by atoms with Crippen LogP contribution < -0.4 is 4.90 Å². The van der Waals surface area contributed by atoms with E-state index in [9.17, 15) is 0 Å². The topological polar surface area (TPSA) is 8.17 Å². The first-order valence-corrected chi connectivity index (χ1v) is 20.5. The van der Waals surface area contributed by atoms with Gasteiger partial charge in [-0.3, -0.25) is 0 Å². The number of rotatable bonds is 8. The zero-order valence-electron chi connectivity index (χ0n) is 31.8. The lowest BCUT2D eigenvalue weighted by Crippen LogP contribution is -2.55. The highest BCUT2D eigenvalue weighted by Crippen LogP contribution is 2.66. The van der Waals surface area contributed by atoms with Crippen molar-refractivity contribution < 1.29 is 0 Å². The third-order valence-electron chi connectivity index (χ3n) is 13.7. The van der Waals surface area contributed by atoms with Gasteiger partial charge in [-0.05, 0) is 156 Å². The molecule has 8 aromatic rings. The summed E-state index contributed by atoms with van der Waals surface area (Å²) in [5.74, 6) is 1.65. The summed E-state index contributed by atoms with van der Waals surface area (Å²) in [6.45, 7) is 4.00. The first kappa shape index (κ1) is 33.2. The smallest absolute Gasteiger partial charge is 0.0542 e. The normalized spacial score (nSPS) is 22.4. The summed E-state index contributed by atoms with van der Waals surface area (Å²) in [5, 5.41) is 2.51. The fourth-order valence-electron chi connectivity index (χ4n) is 11.7. The van der Waals surface area contributed by atoms with Crippen molar-refractivity contribution in [3.63, 3.8) is 0 Å². The Morgan fingerprint density at radius 1 is 0.500 bits per heavy atom. The van der Waals surface area contributed by atoms with E-state index in [1.54, 1.807) is 11.1 Å². The lowest BCUT2D eigenvalue weighted by atomic mass is 9.41. The van der Waals surface area contributed by atoms with Crippen molar-refractivity contribution in [2.75, 3.05) is 4.90 Å². The van der Waals surface area contributed by atoms with E-state index >= 15 is 0 Å². The van der Waals surface area contributed by atoms with Crippen LogP contribution in [0.2, 0.25) is 0 Å². The molecule has 1 heterocycles. The summed E-state index contributed by atoms with van der Waals surface area (Å²) in [4.78, 5) is 2.36. The summed E-state index contributed by atoms with van der Waals surface area (Å²) in [6.07, 6.45) is 10.0. The second kappa shape index (κ2) is 13.0. The molecule has 4 bridgehead atoms. The standard InChI is InChI=1S/C54H46N2/c1-2-38-18-23-43(24-19-38)53-33-39-30-40(34-53)36-54(35-39,37-53)44-25-20-41(21-26-44)42-22-28-51-49(31-42)50-32-48(27-29-52(50)56(51)47-16-10-5-11-17-47)55(45-12-6-3-7-13-45)46-14-8-4-9-15-46/h2-29,31-32,39-40H,1,30,33-37H2. The van der Waals surface area contributed by atoms with Crippen LogP contribution >= 0.6 is 0 Å². The summed E-state index contributed by atoms with van der Waals surface area (Å²) in [6, 6.07) is 65.4. The predicted octanol–water partition coefficient (Wildman–Crippen LogP) is 14.4. The van der Waals surface area contributed by atoms with Crippen LogP contribution in [0.3, 0.4) is 0 Å². The van der Waals surface area contributed by atoms with Crippen molar-refractivity contribution in [2.45, 2.75) is 49.4 Å². The third kappa shape index (κ3) is 5.38. The van der Waals surface area contributed by atoms with Crippen molar-refractivity contribution in [3.8, 4) is 16.8 Å². The second-order valence-corrected chi connectivity index (χ2v) is 17.0. The molecule has 1 aromatic heterocycles. The molecule has 0 radical (unpaired) electrons. The zero-order chi connectivity index (χ0) is 37.3. The summed E-state index contributed by atoms with van der Waals surface area (Å²) in [7, 11) is 0. The maximum Gasteiger partial charge on any atom is 0.0542 e. The molecule has 4 aliphatic rings. The maximum absolute atomic E-state index is 4.00. The lowest BCUT2D eigenvalue weighted by Gasteiger charge is -2.63. The van der Waals surface area contributed by atoms with Crippen molar-refractivity contribution in [3.05, 3.63) is 199 Å². The molecule has 2 unspecified atom stereocenters. The van der Waals surface area contributed by atoms with Crippen molar-refractivity contribution >= 4 is 44.9 Å². The SMILES string of the molecule is C=Cc1ccc(C23CC4CC(C2)CC(c2ccc(-c5ccc6c(c5)c5cc(N(c7ccccc7)c7ccccc7)ccc5n6-c5ccccc5)cc2)(C4)C3)cc1. The minimum absolute atomic E-state index is 0.270. The highest BCUT2D eigenvalue weighted by molar-refractivity contribution is 6.11. The van der Waals surface area contributed by atoms with Gasteiger partial charge in [0.2, 0.25) is 0 Å². The molecule has 0 saturated heterocycles. The molecule has 4 fully saturated rings. The van der Waals surface area contributed by atoms with E-state index in [0.717, 1.165) is 28.9 Å². The summed E-state index contributed by atoms with van der Waals surface area (Å²) in [5.41, 5.74) is 14.4. The van der Waals surface area contributed by atoms with Crippen molar-refractivity contribution in [2.24, 2.45) is 11.8 Å². The first-order chi connectivity index (χ1) is 27.6. The number of hydrogen-bond acceptors (Lipinski definition) is 1. The highest BCUT2D eigenvalue weighted by atomic mass is 15.1. The Labute approximate surface area is 330 Å². The average Bonchev–Trinajstić information content (AvgIpc) is 3.57. The largest absolute Gasteiger partial charge is 0.310 e. The number of benzene rings is 7. The molecule has 272 valence electrons. The van der Waals surface area contributed by atoms with Gasteiger partial charge in [0.1, 0.15) is 0 Å². The Kier molecular flexibility index (Phi) is 7.71. The molecule has 0 spiro atoms. The molecule has 0 aliphatic heterocycles. The summed E-state index contributed by atoms with van der Waals surface area (Å²) >= 11 is 0. The molecule has 2 atom stereocenters. The van der Waals surface area contributed by atoms with Crippen LogP contribution in [-0.4, -0.2) is 4.57 Å². The van der Waals surface area contributed by atoms with Gasteiger partial charge < -0.3 is 9.47 Å². The van der Waals surface area contributed by atoms with E-state index in [0.29, 0.717) is 5.41 Å². The predicted molar refractivity (Wildman–Crippen MR) is 235 cm³/mol. The van der Waals surface area contributed by atoms with Gasteiger partial charge in [0.05, 0.1) is 11.0 Å². The molecular formula is C54H46N2. The Balaban J connectivity index is 1.00. The van der Waals surface area contributed by atoms with Gasteiger partial charge >= 0.3 is 0 Å². The number of anilines is 3. The van der Waals surface area contributed by atoms with E-state index in [1.807, 2.05) is 6.08 Å². The van der Waals surface area contributed by atoms with Crippen LogP contribution in [0.5, 0.6) is 0 Å². The number of nitrogens with zero attached hydrogens (tertiary/aromatic N) is 2. The molecule has 12 rings (SSSR count). The van der Waals surface area contributed by atoms with Crippen LogP contribution in [0.1, 0.15) is 55.2 Å². The molecule has 4 saturated carbocycles. The Morgan fingerprint density at radius 3 is 1.57 bits per heavy atom. The maximum atomic E-state index is 4.00. The van der Waals surface area contributed by atoms with Gasteiger partial charge in [0.25, 0.3) is 0 Å². The Bertz CT molecular complexity index is 2650. The number of fused-ring (bicyclic) bond motifs is 3. The molecular weight excluding hydrogens is 677 g/mol. The van der Waals surface area contributed by atoms with Crippen LogP contribution in [-0.2, 0) is 10.8 Å². The van der Waals surface area contributed by atoms with Gasteiger partial charge in [0.15, 0.2) is 0 Å². The van der Waals surface area contributed by atoms with Crippen molar-refractivity contribution in [1.29, 1.82) is 0 Å². The number of para-hydroxylation sites is 3. The zero-order valence-corrected chi connectivity index (χ0v) is 31.8. The van der Waals surface area contributed by atoms with E-state index in [2.05, 4.69) is 192 Å². The quantitative estimate of drug-likeness (QED) is 0.152. The number of aromatic nitrogens is 1. The molecule has 4 aliphatic carbocycles. The Morgan fingerprint density at radius 2 is 1.00 bits per heavy atom. The minimum Gasteiger partial charge on any atom is -0.310 e. The number of hydrogen-bond donors (Lipinski definition) is 0. The lowest BCUT2D eigenvalue weighted by molar-refractivity contribution is -0.0281. The first-order valence-electron chi connectivity index (χ1n) is 20.5. The van der Waals surface area contributed by atoms with Crippen LogP contribution in [0.25, 0.3) is 44.7 Å². The third-order valence-corrected chi connectivity index (χ3v) is 13.7. The molecule has 0 N–H and O–H groups in total. The van der Waals surface area contributed by atoms with E-state index in [-0.39, 0.29) is 5.41 Å². The molecule has 2 heteroatoms. The Hall–Kier alpha value is -6.12. The van der Waals surface area contributed by atoms with E-state index < -0.39 is 0 Å². The van der Waals surface area contributed by atoms with E-state index in [4.69, 9.17) is 0 Å². The van der Waals surface area contributed by atoms with Gasteiger partial charge in [0, 0.05) is 33.5 Å². The molecule has 2 nitrogen and oxygen atoms in total. The van der Waals surface area contributed by atoms with Crippen LogP contribution in [0.15, 0.2) is 183 Å². The minimum atomic E-state index is 0.270. The second-order valence-electron chi connectivity index (χ2n) is 17.0. The molecule has 7 aromatic carbocycles. The van der Waals surface area contributed by atoms with Crippen molar-refractivity contribution in [1.82, 2.24) is 4.57 Å². The summed E-state index contributed by atoms with van der Waals surface area (Å²) < 4.78 is 2.42. The van der Waals surface area contributed by atoms with Gasteiger partial charge in [-0.15, -0.1) is 0 Å².